The van der Waals surface area contributed by atoms with E-state index in [1.807, 2.05) is 0 Å². The molecule has 2 aromatic rings. The molecule has 2 aliphatic rings. The third-order valence-corrected chi connectivity index (χ3v) is 4.75. The van der Waals surface area contributed by atoms with Crippen LogP contribution < -0.4 is 0 Å². The summed E-state index contributed by atoms with van der Waals surface area (Å²) in [5.41, 5.74) is 4.14. The van der Waals surface area contributed by atoms with Gasteiger partial charge in [-0.3, -0.25) is 0 Å². The molecular formula is C21H18. The molecule has 0 N–H and O–H groups in total. The molecule has 0 radical (unpaired) electrons. The molecule has 0 heteroatoms. The number of hydrogen-bond donors (Lipinski definition) is 0. The van der Waals surface area contributed by atoms with Gasteiger partial charge in [0.2, 0.25) is 0 Å². The Balaban J connectivity index is 1.95. The minimum atomic E-state index is -0.0287. The summed E-state index contributed by atoms with van der Waals surface area (Å²) in [5, 5.41) is 0. The molecule has 4 rings (SSSR count). The van der Waals surface area contributed by atoms with Crippen molar-refractivity contribution >= 4 is 6.08 Å². The molecule has 2 atom stereocenters. The summed E-state index contributed by atoms with van der Waals surface area (Å²) in [6.07, 6.45) is 14.8. The Morgan fingerprint density at radius 3 is 2.48 bits per heavy atom. The number of benzene rings is 2. The number of hydrogen-bond acceptors (Lipinski definition) is 0. The van der Waals surface area contributed by atoms with E-state index in [1.54, 1.807) is 0 Å². The van der Waals surface area contributed by atoms with Crippen LogP contribution in [0, 0.1) is 5.92 Å². The zero-order valence-corrected chi connectivity index (χ0v) is 11.9. The van der Waals surface area contributed by atoms with Gasteiger partial charge in [-0.05, 0) is 29.0 Å². The van der Waals surface area contributed by atoms with Crippen LogP contribution in [-0.4, -0.2) is 0 Å². The fraction of sp³-hybridized carbons (Fsp3) is 0.143. The summed E-state index contributed by atoms with van der Waals surface area (Å²) < 4.78 is 0. The minimum Gasteiger partial charge on any atom is -0.0839 e. The molecule has 0 spiro atoms. The van der Waals surface area contributed by atoms with Gasteiger partial charge in [0.15, 0.2) is 0 Å². The highest BCUT2D eigenvalue weighted by atomic mass is 14.4. The molecule has 2 aromatic carbocycles. The van der Waals surface area contributed by atoms with Crippen molar-refractivity contribution in [1.29, 1.82) is 0 Å². The van der Waals surface area contributed by atoms with Gasteiger partial charge in [-0.2, -0.15) is 0 Å². The molecule has 0 nitrogen and oxygen atoms in total. The Labute approximate surface area is 126 Å². The summed E-state index contributed by atoms with van der Waals surface area (Å²) in [4.78, 5) is 0. The summed E-state index contributed by atoms with van der Waals surface area (Å²) in [7, 11) is 0. The molecule has 2 aliphatic carbocycles. The molecule has 21 heavy (non-hydrogen) atoms. The quantitative estimate of drug-likeness (QED) is 0.709. The van der Waals surface area contributed by atoms with E-state index in [-0.39, 0.29) is 5.41 Å². The van der Waals surface area contributed by atoms with Crippen molar-refractivity contribution < 1.29 is 0 Å². The Morgan fingerprint density at radius 1 is 0.857 bits per heavy atom. The molecule has 0 saturated carbocycles. The maximum absolute atomic E-state index is 2.40. The van der Waals surface area contributed by atoms with Crippen molar-refractivity contribution in [2.24, 2.45) is 5.92 Å². The van der Waals surface area contributed by atoms with Crippen molar-refractivity contribution in [2.45, 2.75) is 11.8 Å². The first-order valence-corrected chi connectivity index (χ1v) is 7.59. The Bertz CT molecular complexity index is 734. The van der Waals surface area contributed by atoms with Gasteiger partial charge in [0, 0.05) is 5.41 Å². The molecule has 0 bridgehead atoms. The molecule has 0 aromatic heterocycles. The van der Waals surface area contributed by atoms with Crippen LogP contribution >= 0.6 is 0 Å². The standard InChI is InChI=1S/C21H18/c1-3-10-18(11-4-1)21(19-12-5-2-6-13-19)16-15-17-9-7-8-14-20(17)21/h1-12,14-16,19H,13H2. The van der Waals surface area contributed by atoms with Gasteiger partial charge in [0.1, 0.15) is 0 Å². The number of rotatable bonds is 2. The maximum atomic E-state index is 2.40. The average Bonchev–Trinajstić information content (AvgIpc) is 2.97. The van der Waals surface area contributed by atoms with Crippen molar-refractivity contribution in [1.82, 2.24) is 0 Å². The first-order valence-electron chi connectivity index (χ1n) is 7.59. The predicted molar refractivity (Wildman–Crippen MR) is 89.1 cm³/mol. The molecular weight excluding hydrogens is 252 g/mol. The molecule has 0 aliphatic heterocycles. The third kappa shape index (κ3) is 1.83. The maximum Gasteiger partial charge on any atom is 0.0456 e. The lowest BCUT2D eigenvalue weighted by molar-refractivity contribution is 0.469. The van der Waals surface area contributed by atoms with Gasteiger partial charge in [-0.25, -0.2) is 0 Å². The third-order valence-electron chi connectivity index (χ3n) is 4.75. The Morgan fingerprint density at radius 2 is 1.67 bits per heavy atom. The predicted octanol–water partition coefficient (Wildman–Crippen LogP) is 5.13. The van der Waals surface area contributed by atoms with Crippen LogP contribution in [0.15, 0.2) is 85.0 Å². The van der Waals surface area contributed by atoms with E-state index in [0.717, 1.165) is 6.42 Å². The summed E-state index contributed by atoms with van der Waals surface area (Å²) in [6.45, 7) is 0. The fourth-order valence-electron chi connectivity index (χ4n) is 3.75. The van der Waals surface area contributed by atoms with Crippen molar-refractivity contribution in [3.63, 3.8) is 0 Å². The van der Waals surface area contributed by atoms with Crippen molar-refractivity contribution in [2.75, 3.05) is 0 Å². The van der Waals surface area contributed by atoms with Gasteiger partial charge in [-0.15, -0.1) is 0 Å². The summed E-state index contributed by atoms with van der Waals surface area (Å²) >= 11 is 0. The molecule has 0 heterocycles. The highest BCUT2D eigenvalue weighted by Gasteiger charge is 2.41. The van der Waals surface area contributed by atoms with E-state index >= 15 is 0 Å². The lowest BCUT2D eigenvalue weighted by Gasteiger charge is -2.37. The molecule has 2 unspecified atom stereocenters. The highest BCUT2D eigenvalue weighted by Crippen LogP contribution is 2.49. The van der Waals surface area contributed by atoms with E-state index in [2.05, 4.69) is 91.1 Å². The van der Waals surface area contributed by atoms with Gasteiger partial charge < -0.3 is 0 Å². The first-order chi connectivity index (χ1) is 10.4. The van der Waals surface area contributed by atoms with Crippen LogP contribution in [0.25, 0.3) is 6.08 Å². The van der Waals surface area contributed by atoms with Crippen LogP contribution in [0.2, 0.25) is 0 Å². The van der Waals surface area contributed by atoms with Crippen LogP contribution in [0.3, 0.4) is 0 Å². The lowest BCUT2D eigenvalue weighted by atomic mass is 9.65. The van der Waals surface area contributed by atoms with Gasteiger partial charge in [0.25, 0.3) is 0 Å². The smallest absolute Gasteiger partial charge is 0.0456 e. The van der Waals surface area contributed by atoms with Crippen molar-refractivity contribution in [3.8, 4) is 0 Å². The number of fused-ring (bicyclic) bond motifs is 1. The second kappa shape index (κ2) is 4.89. The van der Waals surface area contributed by atoms with E-state index < -0.39 is 0 Å². The Hall–Kier alpha value is -2.34. The largest absolute Gasteiger partial charge is 0.0839 e. The van der Waals surface area contributed by atoms with E-state index in [1.165, 1.54) is 16.7 Å². The SMILES string of the molecule is C1=CCC(C2(c3ccccc3)C=Cc3ccccc32)C=C1. The Kier molecular flexibility index (Phi) is 2.89. The fourth-order valence-corrected chi connectivity index (χ4v) is 3.75. The average molecular weight is 270 g/mol. The lowest BCUT2D eigenvalue weighted by Crippen LogP contribution is -2.32. The van der Waals surface area contributed by atoms with Crippen LogP contribution in [-0.2, 0) is 5.41 Å². The van der Waals surface area contributed by atoms with Crippen LogP contribution in [0.4, 0.5) is 0 Å². The van der Waals surface area contributed by atoms with E-state index in [0.29, 0.717) is 5.92 Å². The minimum absolute atomic E-state index is 0.0287. The molecule has 0 amide bonds. The molecule has 102 valence electrons. The highest BCUT2D eigenvalue weighted by molar-refractivity contribution is 5.69. The first kappa shape index (κ1) is 12.4. The molecule has 0 fully saturated rings. The van der Waals surface area contributed by atoms with Gasteiger partial charge >= 0.3 is 0 Å². The van der Waals surface area contributed by atoms with E-state index in [4.69, 9.17) is 0 Å². The summed E-state index contributed by atoms with van der Waals surface area (Å²) in [6, 6.07) is 19.7. The van der Waals surface area contributed by atoms with Gasteiger partial charge in [-0.1, -0.05) is 91.1 Å². The monoisotopic (exact) mass is 270 g/mol. The number of allylic oxidation sites excluding steroid dienone is 5. The van der Waals surface area contributed by atoms with Crippen LogP contribution in [0.5, 0.6) is 0 Å². The topological polar surface area (TPSA) is 0 Å². The zero-order chi connectivity index (χ0) is 14.1. The normalized spacial score (nSPS) is 26.0. The second-order valence-corrected chi connectivity index (χ2v) is 5.81. The summed E-state index contributed by atoms with van der Waals surface area (Å²) in [5.74, 6) is 0.477. The zero-order valence-electron chi connectivity index (χ0n) is 11.9. The van der Waals surface area contributed by atoms with Gasteiger partial charge in [0.05, 0.1) is 0 Å². The molecule has 0 saturated heterocycles. The second-order valence-electron chi connectivity index (χ2n) is 5.81. The van der Waals surface area contributed by atoms with E-state index in [9.17, 15) is 0 Å². The van der Waals surface area contributed by atoms with Crippen LogP contribution in [0.1, 0.15) is 23.1 Å². The van der Waals surface area contributed by atoms with Crippen molar-refractivity contribution in [3.05, 3.63) is 102 Å².